The van der Waals surface area contributed by atoms with E-state index in [0.29, 0.717) is 48.3 Å². The molecule has 1 aliphatic heterocycles. The zero-order valence-corrected chi connectivity index (χ0v) is 17.4. The van der Waals surface area contributed by atoms with Crippen LogP contribution >= 0.6 is 11.6 Å². The number of ether oxygens (including phenoxy) is 1. The molecule has 1 aromatic carbocycles. The first kappa shape index (κ1) is 19.4. The first-order valence-corrected chi connectivity index (χ1v) is 10.0. The van der Waals surface area contributed by atoms with Gasteiger partial charge in [0, 0.05) is 47.4 Å². The van der Waals surface area contributed by atoms with Gasteiger partial charge in [-0.05, 0) is 23.0 Å². The highest BCUT2D eigenvalue weighted by atomic mass is 35.5. The number of benzene rings is 1. The first-order valence-electron chi connectivity index (χ1n) is 9.63. The minimum Gasteiger partial charge on any atom is -0.465 e. The van der Waals surface area contributed by atoms with Crippen molar-refractivity contribution in [1.82, 2.24) is 0 Å². The molecule has 4 rings (SSSR count). The van der Waals surface area contributed by atoms with Crippen LogP contribution in [0.1, 0.15) is 64.9 Å². The highest BCUT2D eigenvalue weighted by Crippen LogP contribution is 2.54. The SMILES string of the molecule is CC1(C)CC(=O)C2=C(C1)OC1=C(C(=O)CC(C)(C)C1)C2c1c(F)cccc1Cl. The quantitative estimate of drug-likeness (QED) is 0.589. The zero-order chi connectivity index (χ0) is 20.4. The predicted molar refractivity (Wildman–Crippen MR) is 105 cm³/mol. The second-order valence-electron chi connectivity index (χ2n) is 9.73. The molecule has 0 N–H and O–H groups in total. The van der Waals surface area contributed by atoms with E-state index in [1.54, 1.807) is 6.07 Å². The smallest absolute Gasteiger partial charge is 0.163 e. The van der Waals surface area contributed by atoms with Crippen LogP contribution in [0.4, 0.5) is 4.39 Å². The van der Waals surface area contributed by atoms with Crippen LogP contribution < -0.4 is 0 Å². The average molecular weight is 403 g/mol. The Morgan fingerprint density at radius 2 is 1.43 bits per heavy atom. The maximum Gasteiger partial charge on any atom is 0.163 e. The Morgan fingerprint density at radius 1 is 0.929 bits per heavy atom. The summed E-state index contributed by atoms with van der Waals surface area (Å²) in [5, 5.41) is 0.223. The number of hydrogen-bond acceptors (Lipinski definition) is 3. The van der Waals surface area contributed by atoms with Crippen LogP contribution in [0.2, 0.25) is 5.02 Å². The molecule has 0 atom stereocenters. The molecule has 1 aromatic rings. The van der Waals surface area contributed by atoms with E-state index >= 15 is 0 Å². The van der Waals surface area contributed by atoms with Gasteiger partial charge in [0.2, 0.25) is 0 Å². The maximum absolute atomic E-state index is 14.9. The summed E-state index contributed by atoms with van der Waals surface area (Å²) in [6.45, 7) is 8.07. The molecule has 0 amide bonds. The van der Waals surface area contributed by atoms with Gasteiger partial charge in [0.1, 0.15) is 17.3 Å². The molecule has 148 valence electrons. The molecule has 3 nitrogen and oxygen atoms in total. The van der Waals surface area contributed by atoms with Gasteiger partial charge in [-0.1, -0.05) is 45.4 Å². The van der Waals surface area contributed by atoms with E-state index in [4.69, 9.17) is 16.3 Å². The fraction of sp³-hybridized carbons (Fsp3) is 0.478. The molecule has 0 spiro atoms. The number of rotatable bonds is 1. The number of carbonyl (C=O) groups excluding carboxylic acids is 2. The Kier molecular flexibility index (Phi) is 4.35. The van der Waals surface area contributed by atoms with E-state index in [9.17, 15) is 14.0 Å². The summed E-state index contributed by atoms with van der Waals surface area (Å²) in [4.78, 5) is 26.2. The van der Waals surface area contributed by atoms with Crippen molar-refractivity contribution in [3.63, 3.8) is 0 Å². The summed E-state index contributed by atoms with van der Waals surface area (Å²) in [7, 11) is 0. The molecule has 0 saturated carbocycles. The van der Waals surface area contributed by atoms with Gasteiger partial charge in [-0.25, -0.2) is 4.39 Å². The summed E-state index contributed by atoms with van der Waals surface area (Å²) < 4.78 is 21.1. The molecule has 2 aliphatic carbocycles. The average Bonchev–Trinajstić information content (AvgIpc) is 2.50. The van der Waals surface area contributed by atoms with Crippen LogP contribution in [-0.4, -0.2) is 11.6 Å². The molecule has 0 radical (unpaired) electrons. The second kappa shape index (κ2) is 6.28. The maximum atomic E-state index is 14.9. The summed E-state index contributed by atoms with van der Waals surface area (Å²) in [5.41, 5.74) is 0.516. The van der Waals surface area contributed by atoms with Gasteiger partial charge in [-0.3, -0.25) is 9.59 Å². The molecule has 1 heterocycles. The van der Waals surface area contributed by atoms with Gasteiger partial charge in [-0.2, -0.15) is 0 Å². The van der Waals surface area contributed by atoms with Crippen molar-refractivity contribution in [2.75, 3.05) is 0 Å². The number of hydrogen-bond donors (Lipinski definition) is 0. The van der Waals surface area contributed by atoms with Crippen LogP contribution in [-0.2, 0) is 14.3 Å². The van der Waals surface area contributed by atoms with Crippen molar-refractivity contribution < 1.29 is 18.7 Å². The van der Waals surface area contributed by atoms with Crippen molar-refractivity contribution in [1.29, 1.82) is 0 Å². The minimum atomic E-state index is -0.792. The van der Waals surface area contributed by atoms with E-state index in [0.717, 1.165) is 0 Å². The summed E-state index contributed by atoms with van der Waals surface area (Å²) >= 11 is 6.38. The Morgan fingerprint density at radius 3 is 1.89 bits per heavy atom. The molecular weight excluding hydrogens is 379 g/mol. The van der Waals surface area contributed by atoms with Crippen LogP contribution in [0.5, 0.6) is 0 Å². The topological polar surface area (TPSA) is 43.4 Å². The highest BCUT2D eigenvalue weighted by Gasteiger charge is 2.48. The second-order valence-corrected chi connectivity index (χ2v) is 10.1. The Hall–Kier alpha value is -1.94. The van der Waals surface area contributed by atoms with Gasteiger partial charge in [-0.15, -0.1) is 0 Å². The Balaban J connectivity index is 1.98. The molecule has 28 heavy (non-hydrogen) atoms. The summed E-state index contributed by atoms with van der Waals surface area (Å²) in [5.74, 6) is -0.364. The minimum absolute atomic E-state index is 0.0975. The van der Waals surface area contributed by atoms with Crippen molar-refractivity contribution >= 4 is 23.2 Å². The standard InChI is InChI=1S/C23H24ClFO3/c1-22(2)8-14(26)19-16(10-22)28-17-11-23(3,4)9-15(27)20(17)21(19)18-12(24)6-5-7-13(18)25/h5-7,21H,8-11H2,1-4H3. The van der Waals surface area contributed by atoms with Gasteiger partial charge >= 0.3 is 0 Å². The number of Topliss-reactive ketones (excluding diaryl/α,β-unsaturated/α-hetero) is 2. The molecule has 0 fully saturated rings. The number of carbonyl (C=O) groups is 2. The molecule has 0 saturated heterocycles. The van der Waals surface area contributed by atoms with E-state index in [-0.39, 0.29) is 33.0 Å². The van der Waals surface area contributed by atoms with E-state index in [1.807, 2.05) is 27.7 Å². The van der Waals surface area contributed by atoms with Crippen LogP contribution in [0.15, 0.2) is 40.9 Å². The molecule has 5 heteroatoms. The van der Waals surface area contributed by atoms with E-state index in [2.05, 4.69) is 0 Å². The number of allylic oxidation sites excluding steroid dienone is 4. The van der Waals surface area contributed by atoms with E-state index in [1.165, 1.54) is 12.1 Å². The third-order valence-corrected chi connectivity index (χ3v) is 6.20. The lowest BCUT2D eigenvalue weighted by Gasteiger charge is -2.42. The highest BCUT2D eigenvalue weighted by molar-refractivity contribution is 6.31. The first-order chi connectivity index (χ1) is 13.0. The molecular formula is C23H24ClFO3. The number of halogens is 2. The third-order valence-electron chi connectivity index (χ3n) is 5.87. The van der Waals surface area contributed by atoms with Crippen molar-refractivity contribution in [3.05, 3.63) is 57.3 Å². The third kappa shape index (κ3) is 3.12. The Labute approximate surface area is 169 Å². The van der Waals surface area contributed by atoms with E-state index < -0.39 is 11.7 Å². The molecule has 0 aromatic heterocycles. The number of ketones is 2. The van der Waals surface area contributed by atoms with Crippen molar-refractivity contribution in [2.24, 2.45) is 10.8 Å². The predicted octanol–water partition coefficient (Wildman–Crippen LogP) is 5.88. The lowest BCUT2D eigenvalue weighted by molar-refractivity contribution is -0.120. The Bertz CT molecular complexity index is 896. The fourth-order valence-corrected chi connectivity index (χ4v) is 5.02. The molecule has 3 aliphatic rings. The van der Waals surface area contributed by atoms with Crippen molar-refractivity contribution in [3.8, 4) is 0 Å². The van der Waals surface area contributed by atoms with Crippen LogP contribution in [0.3, 0.4) is 0 Å². The van der Waals surface area contributed by atoms with Gasteiger partial charge in [0.15, 0.2) is 11.6 Å². The van der Waals surface area contributed by atoms with Gasteiger partial charge in [0.25, 0.3) is 0 Å². The lowest BCUT2D eigenvalue weighted by Crippen LogP contribution is -2.38. The van der Waals surface area contributed by atoms with Crippen molar-refractivity contribution in [2.45, 2.75) is 59.3 Å². The zero-order valence-electron chi connectivity index (χ0n) is 16.6. The van der Waals surface area contributed by atoms with Crippen LogP contribution in [0, 0.1) is 16.6 Å². The van der Waals surface area contributed by atoms with Gasteiger partial charge < -0.3 is 4.74 Å². The monoisotopic (exact) mass is 402 g/mol. The molecule has 0 unspecified atom stereocenters. The van der Waals surface area contributed by atoms with Gasteiger partial charge in [0.05, 0.1) is 5.92 Å². The largest absolute Gasteiger partial charge is 0.465 e. The lowest BCUT2D eigenvalue weighted by atomic mass is 9.65. The summed E-state index contributed by atoms with van der Waals surface area (Å²) in [6, 6.07) is 4.46. The summed E-state index contributed by atoms with van der Waals surface area (Å²) in [6.07, 6.45) is 1.81. The van der Waals surface area contributed by atoms with Crippen LogP contribution in [0.25, 0.3) is 0 Å². The normalized spacial score (nSPS) is 24.1. The molecule has 0 bridgehead atoms. The fourth-order valence-electron chi connectivity index (χ4n) is 4.75.